The normalized spacial score (nSPS) is 16.4. The molecule has 0 aliphatic rings. The number of hydrogen-bond donors (Lipinski definition) is 1. The maximum absolute atomic E-state index is 12.9. The minimum atomic E-state index is -3.37. The summed E-state index contributed by atoms with van der Waals surface area (Å²) in [5.41, 5.74) is 7.58. The molecule has 5 nitrogen and oxygen atoms in total. The van der Waals surface area contributed by atoms with Crippen LogP contribution < -0.4 is 5.73 Å². The maximum atomic E-state index is 12.9. The molecule has 0 fully saturated rings. The van der Waals surface area contributed by atoms with E-state index in [2.05, 4.69) is 41.5 Å². The van der Waals surface area contributed by atoms with Gasteiger partial charge in [0.05, 0.1) is 19.3 Å². The quantitative estimate of drug-likeness (QED) is 0.405. The molecule has 0 aromatic carbocycles. The van der Waals surface area contributed by atoms with Crippen LogP contribution in [0.3, 0.4) is 0 Å². The van der Waals surface area contributed by atoms with Crippen molar-refractivity contribution < 1.29 is 18.0 Å². The van der Waals surface area contributed by atoms with Gasteiger partial charge in [0.1, 0.15) is 5.78 Å². The van der Waals surface area contributed by atoms with Gasteiger partial charge in [-0.15, -0.1) is 0 Å². The first-order chi connectivity index (χ1) is 10.5. The Morgan fingerprint density at radius 3 is 1.48 bits per heavy atom. The summed E-state index contributed by atoms with van der Waals surface area (Å²) in [6, 6.07) is 0. The average Bonchev–Trinajstić information content (AvgIpc) is 2.42. The fourth-order valence-corrected chi connectivity index (χ4v) is 11.1. The molecule has 2 N–H and O–H groups in total. The Balaban J connectivity index is 5.48. The van der Waals surface area contributed by atoms with Gasteiger partial charge in [0.15, 0.2) is 0 Å². The smallest absolute Gasteiger partial charge is 0.349 e. The zero-order valence-corrected chi connectivity index (χ0v) is 18.4. The third-order valence-electron chi connectivity index (χ3n) is 4.56. The topological polar surface area (TPSA) is 70.8 Å². The molecule has 0 unspecified atom stereocenters. The van der Waals surface area contributed by atoms with E-state index < -0.39 is 21.7 Å². The van der Waals surface area contributed by atoms with Crippen LogP contribution in [-0.2, 0) is 18.0 Å². The molecule has 0 bridgehead atoms. The van der Waals surface area contributed by atoms with Gasteiger partial charge in [-0.25, -0.2) is 0 Å². The summed E-state index contributed by atoms with van der Waals surface area (Å²) in [7, 11) is -5.46. The third-order valence-corrected chi connectivity index (χ3v) is 13.1. The molecule has 0 saturated carbocycles. The van der Waals surface area contributed by atoms with Crippen molar-refractivity contribution in [2.75, 3.05) is 13.2 Å². The van der Waals surface area contributed by atoms with Crippen molar-refractivity contribution in [1.29, 1.82) is 0 Å². The van der Waals surface area contributed by atoms with Crippen molar-refractivity contribution >= 4 is 15.9 Å². The fourth-order valence-electron chi connectivity index (χ4n) is 3.63. The summed E-state index contributed by atoms with van der Waals surface area (Å²) in [4.78, 5) is 0. The zero-order valence-electron chi connectivity index (χ0n) is 16.5. The standard InChI is InChI=1S/C16H38NO4PSi/c1-10-19-22(18,20-11-2)16(17)15(9)21-23(12(3)4,13(5)6)14(7)8/h12-16H,10-11,17H2,1-9H3/t15-,16-/m0/s1. The fraction of sp³-hybridized carbons (Fsp3) is 1.00. The molecule has 0 aromatic rings. The van der Waals surface area contributed by atoms with E-state index in [0.29, 0.717) is 29.8 Å². The number of rotatable bonds is 11. The molecule has 7 heteroatoms. The minimum absolute atomic E-state index is 0.304. The van der Waals surface area contributed by atoms with E-state index >= 15 is 0 Å². The van der Waals surface area contributed by atoms with E-state index in [9.17, 15) is 4.57 Å². The van der Waals surface area contributed by atoms with Crippen molar-refractivity contribution in [2.45, 2.75) is 90.8 Å². The second kappa shape index (κ2) is 9.69. The van der Waals surface area contributed by atoms with Crippen LogP contribution in [0.25, 0.3) is 0 Å². The molecular formula is C16H38NO4PSi. The van der Waals surface area contributed by atoms with E-state index in [1.54, 1.807) is 13.8 Å². The highest BCUT2D eigenvalue weighted by Crippen LogP contribution is 2.53. The predicted molar refractivity (Wildman–Crippen MR) is 100 cm³/mol. The Kier molecular flexibility index (Phi) is 9.81. The summed E-state index contributed by atoms with van der Waals surface area (Å²) in [6.45, 7) is 19.4. The molecule has 140 valence electrons. The summed E-state index contributed by atoms with van der Waals surface area (Å²) in [6.07, 6.45) is -0.377. The number of nitrogens with two attached hydrogens (primary N) is 1. The Hall–Kier alpha value is 0.287. The average molecular weight is 368 g/mol. The van der Waals surface area contributed by atoms with Gasteiger partial charge in [-0.05, 0) is 37.4 Å². The molecule has 0 saturated heterocycles. The summed E-state index contributed by atoms with van der Waals surface area (Å²) >= 11 is 0. The molecule has 0 spiro atoms. The molecule has 0 radical (unpaired) electrons. The maximum Gasteiger partial charge on any atom is 0.349 e. The minimum Gasteiger partial charge on any atom is -0.411 e. The highest BCUT2D eigenvalue weighted by atomic mass is 31.2. The lowest BCUT2D eigenvalue weighted by Crippen LogP contribution is -2.53. The first-order valence-electron chi connectivity index (χ1n) is 8.81. The van der Waals surface area contributed by atoms with Crippen molar-refractivity contribution in [3.63, 3.8) is 0 Å². The van der Waals surface area contributed by atoms with Crippen LogP contribution in [0, 0.1) is 0 Å². The second-order valence-corrected chi connectivity index (χ2v) is 14.6. The molecule has 0 rings (SSSR count). The van der Waals surface area contributed by atoms with E-state index in [0.717, 1.165) is 0 Å². The summed E-state index contributed by atoms with van der Waals surface area (Å²) < 4.78 is 30.3. The molecule has 0 aromatic heterocycles. The van der Waals surface area contributed by atoms with Gasteiger partial charge in [0, 0.05) is 0 Å². The molecular weight excluding hydrogens is 329 g/mol. The predicted octanol–water partition coefficient (Wildman–Crippen LogP) is 5.12. The number of hydrogen-bond acceptors (Lipinski definition) is 5. The largest absolute Gasteiger partial charge is 0.411 e. The van der Waals surface area contributed by atoms with Gasteiger partial charge >= 0.3 is 7.60 Å². The molecule has 0 aliphatic carbocycles. The third kappa shape index (κ3) is 5.38. The van der Waals surface area contributed by atoms with Crippen LogP contribution in [0.1, 0.15) is 62.3 Å². The second-order valence-electron chi connectivity index (χ2n) is 7.01. The first kappa shape index (κ1) is 23.3. The van der Waals surface area contributed by atoms with Gasteiger partial charge in [-0.2, -0.15) is 0 Å². The highest BCUT2D eigenvalue weighted by molar-refractivity contribution is 7.54. The Labute approximate surface area is 144 Å². The lowest BCUT2D eigenvalue weighted by molar-refractivity contribution is 0.152. The van der Waals surface area contributed by atoms with Crippen molar-refractivity contribution in [1.82, 2.24) is 0 Å². The zero-order chi connectivity index (χ0) is 18.4. The summed E-state index contributed by atoms with van der Waals surface area (Å²) in [5, 5.41) is 0. The molecule has 0 heterocycles. The molecule has 0 aliphatic heterocycles. The van der Waals surface area contributed by atoms with E-state index in [-0.39, 0.29) is 6.10 Å². The van der Waals surface area contributed by atoms with Gasteiger partial charge in [0.25, 0.3) is 0 Å². The van der Waals surface area contributed by atoms with Crippen molar-refractivity contribution in [3.8, 4) is 0 Å². The van der Waals surface area contributed by atoms with Crippen LogP contribution in [0.4, 0.5) is 0 Å². The van der Waals surface area contributed by atoms with Gasteiger partial charge < -0.3 is 19.2 Å². The van der Waals surface area contributed by atoms with Crippen LogP contribution in [0.5, 0.6) is 0 Å². The monoisotopic (exact) mass is 367 g/mol. The Morgan fingerprint density at radius 1 is 0.870 bits per heavy atom. The lowest BCUT2D eigenvalue weighted by Gasteiger charge is -2.45. The van der Waals surface area contributed by atoms with E-state index in [1.165, 1.54) is 0 Å². The van der Waals surface area contributed by atoms with Crippen molar-refractivity contribution in [3.05, 3.63) is 0 Å². The summed E-state index contributed by atoms with van der Waals surface area (Å²) in [5.74, 6) is -0.773. The van der Waals surface area contributed by atoms with E-state index in [4.69, 9.17) is 19.2 Å². The highest BCUT2D eigenvalue weighted by Gasteiger charge is 2.48. The van der Waals surface area contributed by atoms with Gasteiger partial charge in [0.2, 0.25) is 8.32 Å². The lowest BCUT2D eigenvalue weighted by atomic mass is 10.4. The Bertz CT molecular complexity index is 359. The van der Waals surface area contributed by atoms with Crippen LogP contribution in [0.2, 0.25) is 16.6 Å². The van der Waals surface area contributed by atoms with Crippen LogP contribution in [-0.4, -0.2) is 33.4 Å². The van der Waals surface area contributed by atoms with Crippen LogP contribution in [0.15, 0.2) is 0 Å². The molecule has 2 atom stereocenters. The Morgan fingerprint density at radius 2 is 1.22 bits per heavy atom. The first-order valence-corrected chi connectivity index (χ1v) is 12.6. The van der Waals surface area contributed by atoms with Gasteiger partial charge in [-0.1, -0.05) is 41.5 Å². The van der Waals surface area contributed by atoms with Crippen LogP contribution >= 0.6 is 7.60 Å². The molecule has 0 amide bonds. The SMILES string of the molecule is CCOP(=O)(OCC)[C@H](N)[C@H](C)O[Si](C(C)C)(C(C)C)C(C)C. The van der Waals surface area contributed by atoms with Crippen molar-refractivity contribution in [2.24, 2.45) is 5.73 Å². The van der Waals surface area contributed by atoms with E-state index in [1.807, 2.05) is 6.92 Å². The van der Waals surface area contributed by atoms with Gasteiger partial charge in [-0.3, -0.25) is 4.57 Å². The molecule has 23 heavy (non-hydrogen) atoms.